The zero-order chi connectivity index (χ0) is 16.2. The summed E-state index contributed by atoms with van der Waals surface area (Å²) in [5.41, 5.74) is 7.31. The average Bonchev–Trinajstić information content (AvgIpc) is 2.99. The highest BCUT2D eigenvalue weighted by Crippen LogP contribution is 2.18. The Hall–Kier alpha value is -2.54. The summed E-state index contributed by atoms with van der Waals surface area (Å²) in [4.78, 5) is 14.8. The molecule has 1 fully saturated rings. The van der Waals surface area contributed by atoms with Gasteiger partial charge in [-0.25, -0.2) is 0 Å². The van der Waals surface area contributed by atoms with Crippen LogP contribution in [0.15, 0.2) is 30.3 Å². The lowest BCUT2D eigenvalue weighted by Crippen LogP contribution is -2.43. The molecule has 1 saturated heterocycles. The number of hydrogen-bond acceptors (Lipinski definition) is 5. The number of hydrogen-bond donors (Lipinski definition) is 1. The lowest BCUT2D eigenvalue weighted by atomic mass is 10.1. The Labute approximate surface area is 134 Å². The van der Waals surface area contributed by atoms with E-state index in [1.165, 1.54) is 4.68 Å². The van der Waals surface area contributed by atoms with Gasteiger partial charge >= 0.3 is 0 Å². The van der Waals surface area contributed by atoms with Gasteiger partial charge in [0.05, 0.1) is 0 Å². The third kappa shape index (κ3) is 3.45. The van der Waals surface area contributed by atoms with Gasteiger partial charge in [0.15, 0.2) is 5.82 Å². The van der Waals surface area contributed by atoms with E-state index in [4.69, 9.17) is 5.73 Å². The largest absolute Gasteiger partial charge is 0.337 e. The first kappa shape index (κ1) is 15.4. The molecule has 1 aromatic carbocycles. The van der Waals surface area contributed by atoms with Gasteiger partial charge < -0.3 is 10.6 Å². The van der Waals surface area contributed by atoms with Crippen molar-refractivity contribution in [2.24, 2.45) is 5.73 Å². The van der Waals surface area contributed by atoms with Crippen molar-refractivity contribution in [2.75, 3.05) is 13.1 Å². The van der Waals surface area contributed by atoms with Gasteiger partial charge in [-0.3, -0.25) is 4.79 Å². The van der Waals surface area contributed by atoms with E-state index in [-0.39, 0.29) is 11.9 Å². The second-order valence-electron chi connectivity index (χ2n) is 5.71. The summed E-state index contributed by atoms with van der Waals surface area (Å²) < 4.78 is 1.49. The number of tetrazole rings is 1. The van der Waals surface area contributed by atoms with Crippen LogP contribution < -0.4 is 5.73 Å². The normalized spacial score (nSPS) is 16.6. The fraction of sp³-hybridized carbons (Fsp3) is 0.375. The molecule has 0 unspecified atom stereocenters. The molecule has 120 valence electrons. The first-order valence-electron chi connectivity index (χ1n) is 7.72. The molecule has 2 aromatic rings. The minimum Gasteiger partial charge on any atom is -0.337 e. The highest BCUT2D eigenvalue weighted by atomic mass is 16.2. The van der Waals surface area contributed by atoms with Gasteiger partial charge in [0.1, 0.15) is 5.70 Å². The van der Waals surface area contributed by atoms with Crippen LogP contribution in [0.1, 0.15) is 24.2 Å². The average molecular weight is 312 g/mol. The first-order chi connectivity index (χ1) is 11.1. The number of nitrogens with two attached hydrogens (primary N) is 1. The number of carbonyl (C=O) groups excluding carboxylic acids is 1. The Morgan fingerprint density at radius 1 is 1.26 bits per heavy atom. The summed E-state index contributed by atoms with van der Waals surface area (Å²) in [6.07, 6.45) is 3.46. The van der Waals surface area contributed by atoms with Gasteiger partial charge in [-0.15, -0.1) is 5.10 Å². The Balaban J connectivity index is 1.94. The molecule has 0 atom stereocenters. The second kappa shape index (κ2) is 6.70. The van der Waals surface area contributed by atoms with Crippen LogP contribution in [0.3, 0.4) is 0 Å². The Morgan fingerprint density at radius 2 is 1.96 bits per heavy atom. The van der Waals surface area contributed by atoms with E-state index in [9.17, 15) is 4.79 Å². The van der Waals surface area contributed by atoms with Crippen LogP contribution in [0.25, 0.3) is 11.8 Å². The van der Waals surface area contributed by atoms with Gasteiger partial charge in [0.25, 0.3) is 5.91 Å². The van der Waals surface area contributed by atoms with Crippen molar-refractivity contribution in [3.05, 3.63) is 41.7 Å². The molecule has 7 nitrogen and oxygen atoms in total. The minimum absolute atomic E-state index is 0.0730. The third-order valence-electron chi connectivity index (χ3n) is 4.00. The van der Waals surface area contributed by atoms with Crippen LogP contribution in [-0.4, -0.2) is 50.1 Å². The van der Waals surface area contributed by atoms with Crippen LogP contribution in [0.4, 0.5) is 0 Å². The number of benzene rings is 1. The summed E-state index contributed by atoms with van der Waals surface area (Å²) in [7, 11) is 0. The molecule has 1 aromatic heterocycles. The highest BCUT2D eigenvalue weighted by Gasteiger charge is 2.25. The van der Waals surface area contributed by atoms with Crippen molar-refractivity contribution in [3.8, 4) is 0 Å². The van der Waals surface area contributed by atoms with Gasteiger partial charge in [-0.2, -0.15) is 4.68 Å². The van der Waals surface area contributed by atoms with Gasteiger partial charge in [0.2, 0.25) is 0 Å². The number of aryl methyl sites for hydroxylation is 1. The van der Waals surface area contributed by atoms with E-state index in [1.54, 1.807) is 6.92 Å². The zero-order valence-corrected chi connectivity index (χ0v) is 13.1. The highest BCUT2D eigenvalue weighted by molar-refractivity contribution is 6.18. The zero-order valence-electron chi connectivity index (χ0n) is 13.1. The van der Waals surface area contributed by atoms with Crippen molar-refractivity contribution < 1.29 is 4.79 Å². The quantitative estimate of drug-likeness (QED) is 0.852. The summed E-state index contributed by atoms with van der Waals surface area (Å²) in [5.74, 6) is 0.505. The fourth-order valence-electron chi connectivity index (χ4n) is 2.64. The fourth-order valence-corrected chi connectivity index (χ4v) is 2.64. The van der Waals surface area contributed by atoms with E-state index in [2.05, 4.69) is 15.5 Å². The molecule has 0 radical (unpaired) electrons. The lowest BCUT2D eigenvalue weighted by Gasteiger charge is -2.30. The van der Waals surface area contributed by atoms with E-state index in [0.29, 0.717) is 24.6 Å². The van der Waals surface area contributed by atoms with E-state index < -0.39 is 0 Å². The second-order valence-corrected chi connectivity index (χ2v) is 5.71. The van der Waals surface area contributed by atoms with Crippen molar-refractivity contribution in [1.82, 2.24) is 25.1 Å². The molecule has 1 amide bonds. The van der Waals surface area contributed by atoms with Gasteiger partial charge in [-0.1, -0.05) is 30.3 Å². The van der Waals surface area contributed by atoms with Crippen LogP contribution in [0.2, 0.25) is 0 Å². The Kier molecular flexibility index (Phi) is 4.47. The molecule has 0 spiro atoms. The maximum atomic E-state index is 13.0. The van der Waals surface area contributed by atoms with Crippen LogP contribution >= 0.6 is 0 Å². The standard InChI is InChI=1S/C16H20N6O/c1-12-18-19-20-22(12)15(11-13-5-3-2-4-6-13)16(23)21-9-7-14(17)8-10-21/h2-6,11,14H,7-10,17H2,1H3/b15-11-. The molecule has 3 rings (SSSR count). The molecular weight excluding hydrogens is 292 g/mol. The number of carbonyl (C=O) groups is 1. The van der Waals surface area contributed by atoms with Crippen LogP contribution in [0.5, 0.6) is 0 Å². The summed E-state index contributed by atoms with van der Waals surface area (Å²) in [6, 6.07) is 9.86. The molecule has 1 aliphatic rings. The predicted octanol–water partition coefficient (Wildman–Crippen LogP) is 0.929. The number of rotatable bonds is 3. The van der Waals surface area contributed by atoms with Crippen LogP contribution in [0, 0.1) is 6.92 Å². The monoisotopic (exact) mass is 312 g/mol. The van der Waals surface area contributed by atoms with Crippen molar-refractivity contribution in [3.63, 3.8) is 0 Å². The predicted molar refractivity (Wildman–Crippen MR) is 87.0 cm³/mol. The molecule has 0 aliphatic carbocycles. The van der Waals surface area contributed by atoms with Crippen molar-refractivity contribution in [2.45, 2.75) is 25.8 Å². The molecule has 23 heavy (non-hydrogen) atoms. The molecule has 2 heterocycles. The maximum Gasteiger partial charge on any atom is 0.272 e. The lowest BCUT2D eigenvalue weighted by molar-refractivity contribution is -0.126. The molecular formula is C16H20N6O. The molecule has 0 bridgehead atoms. The van der Waals surface area contributed by atoms with Gasteiger partial charge in [0, 0.05) is 19.1 Å². The summed E-state index contributed by atoms with van der Waals surface area (Å²) in [6.45, 7) is 3.10. The number of likely N-dealkylation sites (tertiary alicyclic amines) is 1. The Bertz CT molecular complexity index is 700. The Morgan fingerprint density at radius 3 is 2.57 bits per heavy atom. The first-order valence-corrected chi connectivity index (χ1v) is 7.72. The van der Waals surface area contributed by atoms with Crippen LogP contribution in [-0.2, 0) is 4.79 Å². The van der Waals surface area contributed by atoms with Crippen molar-refractivity contribution in [1.29, 1.82) is 0 Å². The van der Waals surface area contributed by atoms with Gasteiger partial charge in [-0.05, 0) is 41.8 Å². The molecule has 2 N–H and O–H groups in total. The smallest absolute Gasteiger partial charge is 0.272 e. The van der Waals surface area contributed by atoms with E-state index in [1.807, 2.05) is 41.3 Å². The van der Waals surface area contributed by atoms with E-state index in [0.717, 1.165) is 18.4 Å². The number of piperidine rings is 1. The summed E-state index contributed by atoms with van der Waals surface area (Å²) >= 11 is 0. The topological polar surface area (TPSA) is 89.9 Å². The molecule has 1 aliphatic heterocycles. The molecule has 7 heteroatoms. The number of aromatic nitrogens is 4. The van der Waals surface area contributed by atoms with Crippen molar-refractivity contribution >= 4 is 17.7 Å². The third-order valence-corrected chi connectivity index (χ3v) is 4.00. The minimum atomic E-state index is -0.0730. The number of amides is 1. The molecule has 0 saturated carbocycles. The summed E-state index contributed by atoms with van der Waals surface area (Å²) in [5, 5.41) is 11.5. The maximum absolute atomic E-state index is 13.0. The number of nitrogens with zero attached hydrogens (tertiary/aromatic N) is 5. The SMILES string of the molecule is Cc1nnnn1/C(=C\c1ccccc1)C(=O)N1CCC(N)CC1. The van der Waals surface area contributed by atoms with E-state index >= 15 is 0 Å².